The van der Waals surface area contributed by atoms with Gasteiger partial charge in [-0.15, -0.1) is 0 Å². The molecule has 0 spiro atoms. The predicted molar refractivity (Wildman–Crippen MR) is 71.9 cm³/mol. The molecule has 4 heteroatoms. The van der Waals surface area contributed by atoms with Crippen molar-refractivity contribution in [1.29, 1.82) is 0 Å². The number of benzene rings is 1. The first-order valence-corrected chi connectivity index (χ1v) is 5.92. The van der Waals surface area contributed by atoms with Gasteiger partial charge in [0.15, 0.2) is 0 Å². The van der Waals surface area contributed by atoms with Gasteiger partial charge in [0.2, 0.25) is 0 Å². The van der Waals surface area contributed by atoms with Gasteiger partial charge in [0.1, 0.15) is 6.33 Å². The highest BCUT2D eigenvalue weighted by Crippen LogP contribution is 2.27. The van der Waals surface area contributed by atoms with E-state index < -0.39 is 0 Å². The minimum absolute atomic E-state index is 0.0770. The molecule has 0 bridgehead atoms. The summed E-state index contributed by atoms with van der Waals surface area (Å²) in [4.78, 5) is 8.10. The zero-order valence-electron chi connectivity index (χ0n) is 10.9. The Morgan fingerprint density at radius 1 is 1.06 bits per heavy atom. The summed E-state index contributed by atoms with van der Waals surface area (Å²) in [5, 5.41) is 0. The molecule has 0 radical (unpaired) electrons. The maximum Gasteiger partial charge on any atom is 0.115 e. The van der Waals surface area contributed by atoms with Gasteiger partial charge < -0.3 is 0 Å². The second-order valence-corrected chi connectivity index (χ2v) is 4.58. The van der Waals surface area contributed by atoms with Crippen LogP contribution in [0.1, 0.15) is 33.9 Å². The van der Waals surface area contributed by atoms with Crippen LogP contribution in [-0.4, -0.2) is 9.97 Å². The molecule has 2 aromatic rings. The fourth-order valence-electron chi connectivity index (χ4n) is 2.45. The number of nitrogens with one attached hydrogen (secondary N) is 1. The number of aromatic nitrogens is 2. The van der Waals surface area contributed by atoms with Gasteiger partial charge in [-0.25, -0.2) is 15.4 Å². The van der Waals surface area contributed by atoms with Gasteiger partial charge in [0.25, 0.3) is 0 Å². The van der Waals surface area contributed by atoms with E-state index in [1.165, 1.54) is 28.6 Å². The van der Waals surface area contributed by atoms with E-state index in [9.17, 15) is 0 Å². The molecule has 0 saturated heterocycles. The van der Waals surface area contributed by atoms with Crippen molar-refractivity contribution in [3.8, 4) is 0 Å². The van der Waals surface area contributed by atoms with Crippen molar-refractivity contribution in [3.05, 3.63) is 58.7 Å². The van der Waals surface area contributed by atoms with Crippen molar-refractivity contribution < 1.29 is 0 Å². The number of aryl methyl sites for hydroxylation is 3. The molecular formula is C14H18N4. The van der Waals surface area contributed by atoms with Crippen LogP contribution in [0, 0.1) is 20.8 Å². The second kappa shape index (κ2) is 5.25. The first-order valence-electron chi connectivity index (χ1n) is 5.92. The van der Waals surface area contributed by atoms with Crippen LogP contribution >= 0.6 is 0 Å². The third-order valence-electron chi connectivity index (χ3n) is 3.11. The van der Waals surface area contributed by atoms with E-state index in [0.29, 0.717) is 0 Å². The average Bonchev–Trinajstić information content (AvgIpc) is 2.34. The Balaban J connectivity index is 2.52. The van der Waals surface area contributed by atoms with Crippen LogP contribution in [0.4, 0.5) is 0 Å². The molecule has 1 heterocycles. The van der Waals surface area contributed by atoms with Gasteiger partial charge in [-0.05, 0) is 37.5 Å². The zero-order valence-corrected chi connectivity index (χ0v) is 10.9. The van der Waals surface area contributed by atoms with Crippen LogP contribution < -0.4 is 11.3 Å². The Kier molecular flexibility index (Phi) is 3.69. The summed E-state index contributed by atoms with van der Waals surface area (Å²) < 4.78 is 0. The molecule has 0 saturated carbocycles. The molecule has 4 nitrogen and oxygen atoms in total. The first kappa shape index (κ1) is 12.7. The first-order chi connectivity index (χ1) is 8.63. The van der Waals surface area contributed by atoms with Gasteiger partial charge in [0.05, 0.1) is 6.04 Å². The SMILES string of the molecule is Cc1cc(C)c(C(NN)c2cncnc2)c(C)c1. The van der Waals surface area contributed by atoms with E-state index in [1.807, 2.05) is 0 Å². The fourth-order valence-corrected chi connectivity index (χ4v) is 2.45. The quantitative estimate of drug-likeness (QED) is 0.638. The topological polar surface area (TPSA) is 63.8 Å². The number of hydrogen-bond donors (Lipinski definition) is 2. The maximum atomic E-state index is 5.71. The third-order valence-corrected chi connectivity index (χ3v) is 3.11. The molecule has 18 heavy (non-hydrogen) atoms. The largest absolute Gasteiger partial charge is 0.271 e. The number of nitrogens with zero attached hydrogens (tertiary/aromatic N) is 2. The van der Waals surface area contributed by atoms with Crippen LogP contribution in [0.3, 0.4) is 0 Å². The summed E-state index contributed by atoms with van der Waals surface area (Å²) in [6.45, 7) is 6.30. The smallest absolute Gasteiger partial charge is 0.115 e. The van der Waals surface area contributed by atoms with E-state index in [4.69, 9.17) is 5.84 Å². The molecule has 0 aliphatic heterocycles. The molecule has 3 N–H and O–H groups in total. The molecule has 0 aliphatic rings. The van der Waals surface area contributed by atoms with Crippen LogP contribution in [-0.2, 0) is 0 Å². The maximum absolute atomic E-state index is 5.71. The number of hydrogen-bond acceptors (Lipinski definition) is 4. The molecule has 0 aliphatic carbocycles. The van der Waals surface area contributed by atoms with E-state index in [-0.39, 0.29) is 6.04 Å². The molecule has 0 fully saturated rings. The summed E-state index contributed by atoms with van der Waals surface area (Å²) in [6.07, 6.45) is 5.10. The van der Waals surface area contributed by atoms with Crippen LogP contribution in [0.2, 0.25) is 0 Å². The fraction of sp³-hybridized carbons (Fsp3) is 0.286. The lowest BCUT2D eigenvalue weighted by Gasteiger charge is -2.21. The molecule has 1 atom stereocenters. The third kappa shape index (κ3) is 2.39. The van der Waals surface area contributed by atoms with Crippen molar-refractivity contribution in [1.82, 2.24) is 15.4 Å². The number of hydrazine groups is 1. The molecule has 94 valence electrons. The van der Waals surface area contributed by atoms with Crippen molar-refractivity contribution in [2.75, 3.05) is 0 Å². The van der Waals surface area contributed by atoms with Gasteiger partial charge in [-0.3, -0.25) is 5.84 Å². The highest BCUT2D eigenvalue weighted by atomic mass is 15.2. The number of nitrogens with two attached hydrogens (primary N) is 1. The van der Waals surface area contributed by atoms with E-state index in [2.05, 4.69) is 48.3 Å². The highest BCUT2D eigenvalue weighted by Gasteiger charge is 2.17. The minimum Gasteiger partial charge on any atom is -0.271 e. The van der Waals surface area contributed by atoms with Crippen LogP contribution in [0.15, 0.2) is 30.9 Å². The summed E-state index contributed by atoms with van der Waals surface area (Å²) in [7, 11) is 0. The van der Waals surface area contributed by atoms with Gasteiger partial charge in [-0.1, -0.05) is 17.7 Å². The summed E-state index contributed by atoms with van der Waals surface area (Å²) in [5.41, 5.74) is 8.72. The Labute approximate surface area is 107 Å². The Hall–Kier alpha value is -1.78. The van der Waals surface area contributed by atoms with E-state index in [1.54, 1.807) is 12.4 Å². The summed E-state index contributed by atoms with van der Waals surface area (Å²) in [6, 6.07) is 4.25. The lowest BCUT2D eigenvalue weighted by Crippen LogP contribution is -2.30. The van der Waals surface area contributed by atoms with E-state index in [0.717, 1.165) is 5.56 Å². The van der Waals surface area contributed by atoms with Crippen molar-refractivity contribution in [3.63, 3.8) is 0 Å². The van der Waals surface area contributed by atoms with E-state index >= 15 is 0 Å². The molecule has 1 aromatic heterocycles. The summed E-state index contributed by atoms with van der Waals surface area (Å²) in [5.74, 6) is 5.71. The normalized spacial score (nSPS) is 12.4. The lowest BCUT2D eigenvalue weighted by atomic mass is 9.91. The predicted octanol–water partition coefficient (Wildman–Crippen LogP) is 1.95. The molecule has 1 aromatic carbocycles. The highest BCUT2D eigenvalue weighted by molar-refractivity contribution is 5.43. The average molecular weight is 242 g/mol. The Morgan fingerprint density at radius 2 is 1.61 bits per heavy atom. The van der Waals surface area contributed by atoms with Gasteiger partial charge in [-0.2, -0.15) is 0 Å². The molecular weight excluding hydrogens is 224 g/mol. The minimum atomic E-state index is -0.0770. The Morgan fingerprint density at radius 3 is 2.11 bits per heavy atom. The number of rotatable bonds is 3. The molecule has 0 amide bonds. The zero-order chi connectivity index (χ0) is 13.1. The summed E-state index contributed by atoms with van der Waals surface area (Å²) >= 11 is 0. The standard InChI is InChI=1S/C14H18N4/c1-9-4-10(2)13(11(3)5-9)14(18-15)12-6-16-8-17-7-12/h4-8,14,18H,15H2,1-3H3. The van der Waals surface area contributed by atoms with Crippen molar-refractivity contribution in [2.24, 2.45) is 5.84 Å². The lowest BCUT2D eigenvalue weighted by molar-refractivity contribution is 0.625. The van der Waals surface area contributed by atoms with Crippen molar-refractivity contribution >= 4 is 0 Å². The molecule has 1 unspecified atom stereocenters. The van der Waals surface area contributed by atoms with Crippen LogP contribution in [0.25, 0.3) is 0 Å². The van der Waals surface area contributed by atoms with Crippen LogP contribution in [0.5, 0.6) is 0 Å². The van der Waals surface area contributed by atoms with Crippen molar-refractivity contribution in [2.45, 2.75) is 26.8 Å². The van der Waals surface area contributed by atoms with Gasteiger partial charge in [0, 0.05) is 18.0 Å². The molecule has 2 rings (SSSR count). The Bertz CT molecular complexity index is 514. The van der Waals surface area contributed by atoms with Gasteiger partial charge >= 0.3 is 0 Å². The second-order valence-electron chi connectivity index (χ2n) is 4.58. The monoisotopic (exact) mass is 242 g/mol.